The first-order valence-electron chi connectivity index (χ1n) is 3.27. The molecule has 11 heavy (non-hydrogen) atoms. The lowest BCUT2D eigenvalue weighted by molar-refractivity contribution is 0.795. The van der Waals surface area contributed by atoms with Gasteiger partial charge in [-0.1, -0.05) is 16.9 Å². The number of thiol groups is 1. The number of nitrogens with zero attached hydrogens (tertiary/aromatic N) is 1. The highest BCUT2D eigenvalue weighted by molar-refractivity contribution is 8.68. The van der Waals surface area contributed by atoms with Crippen LogP contribution in [0.4, 0.5) is 0 Å². The van der Waals surface area contributed by atoms with Gasteiger partial charge in [-0.3, -0.25) is 4.98 Å². The first kappa shape index (κ1) is 8.90. The van der Waals surface area contributed by atoms with E-state index in [0.29, 0.717) is 0 Å². The summed E-state index contributed by atoms with van der Waals surface area (Å²) >= 11 is 4.02. The highest BCUT2D eigenvalue weighted by Crippen LogP contribution is 2.15. The number of hydrogen-bond donors (Lipinski definition) is 2. The van der Waals surface area contributed by atoms with Crippen molar-refractivity contribution in [3.05, 3.63) is 30.1 Å². The van der Waals surface area contributed by atoms with Gasteiger partial charge in [0, 0.05) is 11.9 Å². The van der Waals surface area contributed by atoms with Gasteiger partial charge in [0.15, 0.2) is 0 Å². The van der Waals surface area contributed by atoms with E-state index in [1.807, 2.05) is 18.2 Å². The number of aromatic nitrogens is 1. The Morgan fingerprint density at radius 2 is 2.45 bits per heavy atom. The molecule has 4 heteroatoms. The minimum atomic E-state index is -0.00120. The normalized spacial score (nSPS) is 12.9. The zero-order valence-corrected chi connectivity index (χ0v) is 7.68. The molecule has 0 amide bonds. The summed E-state index contributed by atoms with van der Waals surface area (Å²) in [5, 5.41) is 0. The van der Waals surface area contributed by atoms with Crippen LogP contribution >= 0.6 is 22.5 Å². The van der Waals surface area contributed by atoms with E-state index in [9.17, 15) is 0 Å². The summed E-state index contributed by atoms with van der Waals surface area (Å²) in [6, 6.07) is 5.74. The zero-order chi connectivity index (χ0) is 8.10. The number of nitrogens with two attached hydrogens (primary N) is 1. The molecular weight excluding hydrogens is 176 g/mol. The van der Waals surface area contributed by atoms with E-state index in [-0.39, 0.29) is 6.04 Å². The summed E-state index contributed by atoms with van der Waals surface area (Å²) < 4.78 is 0. The highest BCUT2D eigenvalue weighted by atomic mass is 33.1. The molecule has 0 radical (unpaired) electrons. The molecule has 0 aliphatic rings. The van der Waals surface area contributed by atoms with Crippen molar-refractivity contribution < 1.29 is 0 Å². The van der Waals surface area contributed by atoms with Gasteiger partial charge >= 0.3 is 0 Å². The molecule has 0 fully saturated rings. The minimum absolute atomic E-state index is 0.00120. The van der Waals surface area contributed by atoms with Gasteiger partial charge in [-0.2, -0.15) is 0 Å². The van der Waals surface area contributed by atoms with E-state index in [2.05, 4.69) is 16.6 Å². The smallest absolute Gasteiger partial charge is 0.0579 e. The van der Waals surface area contributed by atoms with Crippen molar-refractivity contribution in [2.24, 2.45) is 5.73 Å². The molecule has 1 rings (SSSR count). The second kappa shape index (κ2) is 4.64. The molecule has 0 aliphatic carbocycles. The fourth-order valence-corrected chi connectivity index (χ4v) is 1.57. The average molecular weight is 186 g/mol. The molecule has 2 nitrogen and oxygen atoms in total. The van der Waals surface area contributed by atoms with Gasteiger partial charge in [-0.05, 0) is 12.1 Å². The molecule has 0 saturated heterocycles. The van der Waals surface area contributed by atoms with Crippen molar-refractivity contribution in [3.8, 4) is 0 Å². The van der Waals surface area contributed by atoms with Crippen molar-refractivity contribution in [2.45, 2.75) is 6.04 Å². The Morgan fingerprint density at radius 3 is 3.00 bits per heavy atom. The molecule has 0 aliphatic heterocycles. The van der Waals surface area contributed by atoms with Crippen LogP contribution in [0.3, 0.4) is 0 Å². The van der Waals surface area contributed by atoms with Crippen LogP contribution in [0.25, 0.3) is 0 Å². The Labute approximate surface area is 75.4 Å². The third-order valence-corrected chi connectivity index (χ3v) is 2.28. The van der Waals surface area contributed by atoms with Gasteiger partial charge in [0.05, 0.1) is 11.7 Å². The van der Waals surface area contributed by atoms with Crippen LogP contribution in [0.15, 0.2) is 24.4 Å². The van der Waals surface area contributed by atoms with Crippen LogP contribution in [0.5, 0.6) is 0 Å². The molecule has 1 atom stereocenters. The molecule has 0 aromatic carbocycles. The van der Waals surface area contributed by atoms with Crippen molar-refractivity contribution >= 4 is 22.5 Å². The number of pyridine rings is 1. The molecule has 60 valence electrons. The summed E-state index contributed by atoms with van der Waals surface area (Å²) in [4.78, 5) is 4.12. The van der Waals surface area contributed by atoms with Gasteiger partial charge in [0.1, 0.15) is 0 Å². The summed E-state index contributed by atoms with van der Waals surface area (Å²) in [6.45, 7) is 0. The van der Waals surface area contributed by atoms with E-state index in [4.69, 9.17) is 5.73 Å². The molecule has 1 aromatic heterocycles. The molecule has 0 saturated carbocycles. The molecule has 0 bridgehead atoms. The summed E-state index contributed by atoms with van der Waals surface area (Å²) in [5.74, 6) is 0.792. The molecule has 1 unspecified atom stereocenters. The van der Waals surface area contributed by atoms with Gasteiger partial charge in [0.2, 0.25) is 0 Å². The van der Waals surface area contributed by atoms with Crippen molar-refractivity contribution in [2.75, 3.05) is 5.75 Å². The third kappa shape index (κ3) is 2.73. The molecule has 2 N–H and O–H groups in total. The second-order valence-electron chi connectivity index (χ2n) is 2.16. The molecule has 1 heterocycles. The predicted octanol–water partition coefficient (Wildman–Crippen LogP) is 1.66. The Kier molecular flexibility index (Phi) is 3.76. The maximum Gasteiger partial charge on any atom is 0.0579 e. The van der Waals surface area contributed by atoms with Gasteiger partial charge < -0.3 is 5.73 Å². The van der Waals surface area contributed by atoms with Gasteiger partial charge in [-0.15, -0.1) is 11.7 Å². The van der Waals surface area contributed by atoms with Crippen LogP contribution in [0.2, 0.25) is 0 Å². The maximum atomic E-state index is 5.77. The molecular formula is C7H10N2S2. The van der Waals surface area contributed by atoms with Crippen LogP contribution in [-0.2, 0) is 0 Å². The second-order valence-corrected chi connectivity index (χ2v) is 3.52. The van der Waals surface area contributed by atoms with Crippen LogP contribution in [0, 0.1) is 0 Å². The number of hydrogen-bond acceptors (Lipinski definition) is 4. The predicted molar refractivity (Wildman–Crippen MR) is 52.6 cm³/mol. The largest absolute Gasteiger partial charge is 0.322 e. The first-order chi connectivity index (χ1) is 5.34. The monoisotopic (exact) mass is 186 g/mol. The van der Waals surface area contributed by atoms with E-state index in [1.165, 1.54) is 10.8 Å². The lowest BCUT2D eigenvalue weighted by Crippen LogP contribution is -2.13. The van der Waals surface area contributed by atoms with Gasteiger partial charge in [-0.25, -0.2) is 0 Å². The van der Waals surface area contributed by atoms with E-state index >= 15 is 0 Å². The fourth-order valence-electron chi connectivity index (χ4n) is 0.761. The fraction of sp³-hybridized carbons (Fsp3) is 0.286. The Bertz CT molecular complexity index is 203. The lowest BCUT2D eigenvalue weighted by Gasteiger charge is -2.07. The average Bonchev–Trinajstić information content (AvgIpc) is 2.07. The van der Waals surface area contributed by atoms with E-state index < -0.39 is 0 Å². The number of rotatable bonds is 3. The van der Waals surface area contributed by atoms with Crippen molar-refractivity contribution in [1.29, 1.82) is 0 Å². The van der Waals surface area contributed by atoms with Gasteiger partial charge in [0.25, 0.3) is 0 Å². The van der Waals surface area contributed by atoms with Crippen LogP contribution in [0.1, 0.15) is 11.7 Å². The Morgan fingerprint density at radius 1 is 1.64 bits per heavy atom. The summed E-state index contributed by atoms with van der Waals surface area (Å²) in [5.41, 5.74) is 6.70. The maximum absolute atomic E-state index is 5.77. The summed E-state index contributed by atoms with van der Waals surface area (Å²) in [6.07, 6.45) is 1.75. The molecule has 0 spiro atoms. The summed E-state index contributed by atoms with van der Waals surface area (Å²) in [7, 11) is 1.43. The lowest BCUT2D eigenvalue weighted by atomic mass is 10.2. The third-order valence-electron chi connectivity index (χ3n) is 1.32. The first-order valence-corrected chi connectivity index (χ1v) is 5.31. The van der Waals surface area contributed by atoms with Crippen molar-refractivity contribution in [1.82, 2.24) is 4.98 Å². The van der Waals surface area contributed by atoms with Crippen LogP contribution in [-0.4, -0.2) is 10.7 Å². The Hall–Kier alpha value is -0.190. The minimum Gasteiger partial charge on any atom is -0.322 e. The Balaban J connectivity index is 2.61. The van der Waals surface area contributed by atoms with E-state index in [1.54, 1.807) is 6.20 Å². The van der Waals surface area contributed by atoms with E-state index in [0.717, 1.165) is 11.4 Å². The zero-order valence-electron chi connectivity index (χ0n) is 5.97. The highest BCUT2D eigenvalue weighted by Gasteiger charge is 2.04. The standard InChI is InChI=1S/C7H10N2S2/c8-6(5-11-10)7-3-1-2-4-9-7/h1-4,6,10H,5,8H2. The SMILES string of the molecule is NC(CSS)c1ccccn1. The topological polar surface area (TPSA) is 38.9 Å². The van der Waals surface area contributed by atoms with Crippen LogP contribution < -0.4 is 5.73 Å². The quantitative estimate of drug-likeness (QED) is 0.557. The van der Waals surface area contributed by atoms with Crippen molar-refractivity contribution in [3.63, 3.8) is 0 Å². The molecule has 1 aromatic rings.